The van der Waals surface area contributed by atoms with Gasteiger partial charge in [0.25, 0.3) is 15.7 Å². The molecule has 19 heavy (non-hydrogen) atoms. The molecule has 1 aliphatic rings. The molecule has 1 fully saturated rings. The van der Waals surface area contributed by atoms with Gasteiger partial charge in [-0.25, -0.2) is 12.7 Å². The van der Waals surface area contributed by atoms with Crippen LogP contribution >= 0.6 is 15.9 Å². The molecule has 0 unspecified atom stereocenters. The molecule has 0 N–H and O–H groups in total. The Morgan fingerprint density at radius 1 is 1.37 bits per heavy atom. The van der Waals surface area contributed by atoms with E-state index in [4.69, 9.17) is 0 Å². The first-order chi connectivity index (χ1) is 8.84. The van der Waals surface area contributed by atoms with Gasteiger partial charge in [-0.3, -0.25) is 14.9 Å². The number of hydrogen-bond acceptors (Lipinski definition) is 5. The Labute approximate surface area is 117 Å². The van der Waals surface area contributed by atoms with Crippen LogP contribution in [0.3, 0.4) is 0 Å². The van der Waals surface area contributed by atoms with Gasteiger partial charge in [-0.05, 0) is 18.6 Å². The molecule has 0 aromatic heterocycles. The maximum absolute atomic E-state index is 12.3. The van der Waals surface area contributed by atoms with Crippen LogP contribution in [0.1, 0.15) is 12.8 Å². The molecule has 0 bridgehead atoms. The van der Waals surface area contributed by atoms with Crippen molar-refractivity contribution in [3.05, 3.63) is 32.8 Å². The average molecular weight is 349 g/mol. The highest BCUT2D eigenvalue weighted by molar-refractivity contribution is 9.10. The Bertz CT molecular complexity index is 658. The summed E-state index contributed by atoms with van der Waals surface area (Å²) in [5.41, 5.74) is -0.539. The first-order valence-electron chi connectivity index (χ1n) is 5.33. The van der Waals surface area contributed by atoms with Crippen molar-refractivity contribution >= 4 is 37.5 Å². The third kappa shape index (κ3) is 2.47. The maximum atomic E-state index is 12.3. The molecule has 1 amide bonds. The Morgan fingerprint density at radius 3 is 2.58 bits per heavy atom. The monoisotopic (exact) mass is 348 g/mol. The summed E-state index contributed by atoms with van der Waals surface area (Å²) in [5, 5.41) is 10.9. The first kappa shape index (κ1) is 13.9. The summed E-state index contributed by atoms with van der Waals surface area (Å²) in [4.78, 5) is 21.2. The average Bonchev–Trinajstić information content (AvgIpc) is 2.75. The summed E-state index contributed by atoms with van der Waals surface area (Å²) in [5.74, 6) is -0.533. The fourth-order valence-electron chi connectivity index (χ4n) is 1.84. The van der Waals surface area contributed by atoms with Gasteiger partial charge < -0.3 is 0 Å². The van der Waals surface area contributed by atoms with Crippen molar-refractivity contribution in [1.29, 1.82) is 0 Å². The van der Waals surface area contributed by atoms with Crippen LogP contribution in [0, 0.1) is 10.1 Å². The molecular weight excluding hydrogens is 340 g/mol. The Hall–Kier alpha value is -1.48. The Kier molecular flexibility index (Phi) is 3.59. The van der Waals surface area contributed by atoms with E-state index in [9.17, 15) is 23.3 Å². The van der Waals surface area contributed by atoms with Crippen LogP contribution < -0.4 is 0 Å². The number of benzene rings is 1. The van der Waals surface area contributed by atoms with Crippen molar-refractivity contribution in [3.63, 3.8) is 0 Å². The van der Waals surface area contributed by atoms with E-state index in [1.807, 2.05) is 0 Å². The van der Waals surface area contributed by atoms with Crippen molar-refractivity contribution in [2.24, 2.45) is 0 Å². The van der Waals surface area contributed by atoms with Crippen molar-refractivity contribution in [2.75, 3.05) is 6.54 Å². The third-order valence-corrected chi connectivity index (χ3v) is 5.06. The fourth-order valence-corrected chi connectivity index (χ4v) is 4.00. The lowest BCUT2D eigenvalue weighted by atomic mass is 10.3. The van der Waals surface area contributed by atoms with Crippen molar-refractivity contribution in [1.82, 2.24) is 4.31 Å². The second-order valence-corrected chi connectivity index (χ2v) is 6.69. The highest BCUT2D eigenvalue weighted by Crippen LogP contribution is 2.31. The molecule has 1 aromatic rings. The quantitative estimate of drug-likeness (QED) is 0.611. The second-order valence-electron chi connectivity index (χ2n) is 3.94. The van der Waals surface area contributed by atoms with Gasteiger partial charge in [-0.1, -0.05) is 15.9 Å². The van der Waals surface area contributed by atoms with Crippen molar-refractivity contribution in [3.8, 4) is 0 Å². The minimum absolute atomic E-state index is 0.0604. The number of hydrogen-bond donors (Lipinski definition) is 0. The highest BCUT2D eigenvalue weighted by atomic mass is 79.9. The molecule has 0 saturated carbocycles. The number of sulfonamides is 1. The molecule has 1 aromatic carbocycles. The summed E-state index contributed by atoms with van der Waals surface area (Å²) >= 11 is 3.07. The fraction of sp³-hybridized carbons (Fsp3) is 0.300. The number of nitrogens with zero attached hydrogens (tertiary/aromatic N) is 2. The van der Waals surface area contributed by atoms with E-state index in [-0.39, 0.29) is 13.0 Å². The van der Waals surface area contributed by atoms with Gasteiger partial charge in [0.15, 0.2) is 4.90 Å². The molecule has 1 aliphatic heterocycles. The second kappa shape index (κ2) is 4.89. The topological polar surface area (TPSA) is 97.6 Å². The predicted octanol–water partition coefficient (Wildman–Crippen LogP) is 1.67. The maximum Gasteiger partial charge on any atom is 0.289 e. The van der Waals surface area contributed by atoms with Crippen molar-refractivity contribution in [2.45, 2.75) is 17.7 Å². The minimum Gasteiger partial charge on any atom is -0.274 e. The lowest BCUT2D eigenvalue weighted by Gasteiger charge is -2.16. The smallest absolute Gasteiger partial charge is 0.274 e. The normalized spacial score (nSPS) is 15.8. The van der Waals surface area contributed by atoms with Crippen molar-refractivity contribution < 1.29 is 18.1 Å². The Balaban J connectivity index is 2.60. The molecule has 102 valence electrons. The van der Waals surface area contributed by atoms with Crippen LogP contribution in [-0.4, -0.2) is 30.1 Å². The minimum atomic E-state index is -4.17. The molecule has 0 spiro atoms. The molecule has 0 radical (unpaired) electrons. The number of nitro benzene ring substituents is 1. The molecule has 9 heteroatoms. The van der Waals surface area contributed by atoms with Gasteiger partial charge >= 0.3 is 0 Å². The highest BCUT2D eigenvalue weighted by Gasteiger charge is 2.37. The summed E-state index contributed by atoms with van der Waals surface area (Å²) in [7, 11) is -4.17. The molecule has 1 saturated heterocycles. The molecule has 0 atom stereocenters. The van der Waals surface area contributed by atoms with Crippen LogP contribution in [0.4, 0.5) is 5.69 Å². The van der Waals surface area contributed by atoms with E-state index in [1.165, 1.54) is 6.07 Å². The summed E-state index contributed by atoms with van der Waals surface area (Å²) in [6.45, 7) is 0.0604. The van der Waals surface area contributed by atoms with Gasteiger partial charge in [0.2, 0.25) is 5.91 Å². The van der Waals surface area contributed by atoms with E-state index in [0.717, 1.165) is 12.1 Å². The lowest BCUT2D eigenvalue weighted by Crippen LogP contribution is -2.32. The zero-order chi connectivity index (χ0) is 14.2. The van der Waals surface area contributed by atoms with E-state index >= 15 is 0 Å². The van der Waals surface area contributed by atoms with Crippen LogP contribution in [0.25, 0.3) is 0 Å². The number of halogens is 1. The lowest BCUT2D eigenvalue weighted by molar-refractivity contribution is -0.387. The number of amides is 1. The van der Waals surface area contributed by atoms with E-state index in [2.05, 4.69) is 15.9 Å². The summed E-state index contributed by atoms with van der Waals surface area (Å²) in [6.07, 6.45) is 0.570. The summed E-state index contributed by atoms with van der Waals surface area (Å²) < 4.78 is 25.7. The standard InChI is InChI=1S/C10H9BrN2O5S/c11-7-3-4-8(13(15)16)9(6-7)19(17,18)12-5-1-2-10(12)14/h3-4,6H,1-2,5H2. The zero-order valence-corrected chi connectivity index (χ0v) is 12.0. The number of rotatable bonds is 3. The van der Waals surface area contributed by atoms with Crippen LogP contribution in [0.15, 0.2) is 27.6 Å². The van der Waals surface area contributed by atoms with Gasteiger partial charge in [-0.2, -0.15) is 0 Å². The van der Waals surface area contributed by atoms with E-state index in [0.29, 0.717) is 15.2 Å². The zero-order valence-electron chi connectivity index (χ0n) is 9.58. The number of nitro groups is 1. The number of carbonyl (C=O) groups is 1. The predicted molar refractivity (Wildman–Crippen MR) is 68.9 cm³/mol. The van der Waals surface area contributed by atoms with Gasteiger partial charge in [-0.15, -0.1) is 0 Å². The largest absolute Gasteiger partial charge is 0.289 e. The molecular formula is C10H9BrN2O5S. The molecule has 7 nitrogen and oxygen atoms in total. The van der Waals surface area contributed by atoms with Crippen LogP contribution in [0.2, 0.25) is 0 Å². The van der Waals surface area contributed by atoms with E-state index in [1.54, 1.807) is 0 Å². The molecule has 0 aliphatic carbocycles. The van der Waals surface area contributed by atoms with Gasteiger partial charge in [0.05, 0.1) is 4.92 Å². The van der Waals surface area contributed by atoms with Crippen LogP contribution in [0.5, 0.6) is 0 Å². The molecule has 1 heterocycles. The Morgan fingerprint density at radius 2 is 2.05 bits per heavy atom. The SMILES string of the molecule is O=C1CCCN1S(=O)(=O)c1cc(Br)ccc1[N+](=O)[O-]. The summed E-state index contributed by atoms with van der Waals surface area (Å²) in [6, 6.07) is 3.61. The van der Waals surface area contributed by atoms with Gasteiger partial charge in [0, 0.05) is 23.5 Å². The number of carbonyl (C=O) groups excluding carboxylic acids is 1. The molecule has 2 rings (SSSR count). The first-order valence-corrected chi connectivity index (χ1v) is 7.57. The van der Waals surface area contributed by atoms with Crippen LogP contribution in [-0.2, 0) is 14.8 Å². The van der Waals surface area contributed by atoms with E-state index < -0.39 is 31.4 Å². The third-order valence-electron chi connectivity index (χ3n) is 2.72. The van der Waals surface area contributed by atoms with Gasteiger partial charge in [0.1, 0.15) is 0 Å².